The average molecular weight is 517 g/mol. The minimum Gasteiger partial charge on any atom is -0.497 e. The summed E-state index contributed by atoms with van der Waals surface area (Å²) in [5, 5.41) is 13.6. The molecule has 190 valence electrons. The SMILES string of the molecule is COc1ccc(Cl)c(Nc2nc3ccccc3nc2NCCc2cccc(C(=O)NC3CCNC3)c2)c1. The number of fused-ring (bicyclic) bond motifs is 1. The van der Waals surface area contributed by atoms with Crippen LogP contribution in [0.3, 0.4) is 0 Å². The zero-order chi connectivity index (χ0) is 25.6. The summed E-state index contributed by atoms with van der Waals surface area (Å²) >= 11 is 6.43. The van der Waals surface area contributed by atoms with Gasteiger partial charge in [-0.05, 0) is 61.3 Å². The predicted octanol–water partition coefficient (Wildman–Crippen LogP) is 4.78. The smallest absolute Gasteiger partial charge is 0.251 e. The Morgan fingerprint density at radius 3 is 2.62 bits per heavy atom. The first-order chi connectivity index (χ1) is 18.1. The van der Waals surface area contributed by atoms with E-state index >= 15 is 0 Å². The number of benzene rings is 3. The van der Waals surface area contributed by atoms with Gasteiger partial charge in [-0.15, -0.1) is 0 Å². The molecule has 5 rings (SSSR count). The third-order valence-corrected chi connectivity index (χ3v) is 6.62. The number of carbonyl (C=O) groups excluding carboxylic acids is 1. The summed E-state index contributed by atoms with van der Waals surface area (Å²) < 4.78 is 5.34. The first kappa shape index (κ1) is 24.8. The van der Waals surface area contributed by atoms with Crippen molar-refractivity contribution < 1.29 is 9.53 Å². The maximum absolute atomic E-state index is 12.7. The lowest BCUT2D eigenvalue weighted by molar-refractivity contribution is 0.0940. The highest BCUT2D eigenvalue weighted by atomic mass is 35.5. The third-order valence-electron chi connectivity index (χ3n) is 6.29. The van der Waals surface area contributed by atoms with E-state index in [2.05, 4.69) is 21.3 Å². The summed E-state index contributed by atoms with van der Waals surface area (Å²) in [4.78, 5) is 22.2. The van der Waals surface area contributed by atoms with E-state index in [4.69, 9.17) is 26.3 Å². The number of para-hydroxylation sites is 2. The Morgan fingerprint density at radius 2 is 1.86 bits per heavy atom. The second-order valence-corrected chi connectivity index (χ2v) is 9.33. The fraction of sp³-hybridized carbons (Fsp3) is 0.250. The van der Waals surface area contributed by atoms with Crippen LogP contribution < -0.4 is 26.0 Å². The van der Waals surface area contributed by atoms with Gasteiger partial charge < -0.3 is 26.0 Å². The molecule has 4 N–H and O–H groups in total. The molecule has 1 fully saturated rings. The number of nitrogens with zero attached hydrogens (tertiary/aromatic N) is 2. The standard InChI is InChI=1S/C28H29ClN6O2/c1-37-21-9-10-22(29)25(16-21)35-27-26(33-23-7-2-3-8-24(23)34-27)31-14-11-18-5-4-6-19(15-18)28(36)32-20-12-13-30-17-20/h2-10,15-16,20,30H,11-14,17H2,1H3,(H,31,33)(H,32,36)(H,34,35). The van der Waals surface area contributed by atoms with Crippen molar-refractivity contribution in [2.24, 2.45) is 0 Å². The second-order valence-electron chi connectivity index (χ2n) is 8.92. The first-order valence-electron chi connectivity index (χ1n) is 12.3. The molecular weight excluding hydrogens is 488 g/mol. The van der Waals surface area contributed by atoms with Gasteiger partial charge in [-0.3, -0.25) is 4.79 Å². The average Bonchev–Trinajstić information content (AvgIpc) is 3.43. The Hall–Kier alpha value is -3.88. The highest BCUT2D eigenvalue weighted by Gasteiger charge is 2.18. The Kier molecular flexibility index (Phi) is 7.67. The Balaban J connectivity index is 1.31. The maximum atomic E-state index is 12.7. The summed E-state index contributed by atoms with van der Waals surface area (Å²) in [6, 6.07) is 21.0. The molecule has 4 aromatic rings. The third kappa shape index (κ3) is 6.10. The van der Waals surface area contributed by atoms with Crippen molar-refractivity contribution in [3.05, 3.63) is 82.9 Å². The van der Waals surface area contributed by atoms with Gasteiger partial charge in [-0.2, -0.15) is 0 Å². The highest BCUT2D eigenvalue weighted by molar-refractivity contribution is 6.33. The molecule has 1 unspecified atom stereocenters. The summed E-state index contributed by atoms with van der Waals surface area (Å²) in [5.41, 5.74) is 3.96. The molecule has 2 heterocycles. The molecule has 1 aliphatic heterocycles. The lowest BCUT2D eigenvalue weighted by Gasteiger charge is -2.15. The van der Waals surface area contributed by atoms with Crippen LogP contribution in [0.5, 0.6) is 5.75 Å². The van der Waals surface area contributed by atoms with Crippen LogP contribution in [0.15, 0.2) is 66.7 Å². The van der Waals surface area contributed by atoms with E-state index in [0.717, 1.165) is 36.1 Å². The lowest BCUT2D eigenvalue weighted by atomic mass is 10.1. The number of nitrogens with one attached hydrogen (secondary N) is 4. The fourth-order valence-electron chi connectivity index (χ4n) is 4.31. The zero-order valence-corrected chi connectivity index (χ0v) is 21.3. The molecule has 1 amide bonds. The van der Waals surface area contributed by atoms with Crippen molar-refractivity contribution >= 4 is 45.9 Å². The van der Waals surface area contributed by atoms with Gasteiger partial charge in [0.05, 0.1) is 28.9 Å². The molecule has 0 spiro atoms. The number of amides is 1. The van der Waals surface area contributed by atoms with Gasteiger partial charge in [-0.1, -0.05) is 35.9 Å². The molecule has 0 radical (unpaired) electrons. The van der Waals surface area contributed by atoms with Crippen LogP contribution in [0, 0.1) is 0 Å². The van der Waals surface area contributed by atoms with E-state index in [1.807, 2.05) is 54.6 Å². The molecule has 0 saturated carbocycles. The van der Waals surface area contributed by atoms with Crippen LogP contribution in [0.1, 0.15) is 22.3 Å². The summed E-state index contributed by atoms with van der Waals surface area (Å²) in [7, 11) is 1.61. The maximum Gasteiger partial charge on any atom is 0.251 e. The number of methoxy groups -OCH3 is 1. The summed E-state index contributed by atoms with van der Waals surface area (Å²) in [6.45, 7) is 2.36. The van der Waals surface area contributed by atoms with Gasteiger partial charge in [-0.25, -0.2) is 9.97 Å². The molecule has 8 nitrogen and oxygen atoms in total. The number of rotatable bonds is 9. The van der Waals surface area contributed by atoms with Crippen molar-refractivity contribution in [3.8, 4) is 5.75 Å². The molecule has 9 heteroatoms. The van der Waals surface area contributed by atoms with E-state index < -0.39 is 0 Å². The molecule has 0 bridgehead atoms. The van der Waals surface area contributed by atoms with Crippen molar-refractivity contribution in [2.75, 3.05) is 37.4 Å². The minimum absolute atomic E-state index is 0.0365. The quantitative estimate of drug-likeness (QED) is 0.254. The Morgan fingerprint density at radius 1 is 1.05 bits per heavy atom. The van der Waals surface area contributed by atoms with Gasteiger partial charge in [0.1, 0.15) is 5.75 Å². The normalized spacial score (nSPS) is 14.9. The van der Waals surface area contributed by atoms with Crippen molar-refractivity contribution in [1.29, 1.82) is 0 Å². The molecule has 1 atom stereocenters. The Labute approximate surface area is 220 Å². The molecule has 1 saturated heterocycles. The second kappa shape index (κ2) is 11.5. The number of anilines is 3. The lowest BCUT2D eigenvalue weighted by Crippen LogP contribution is -2.36. The molecule has 1 aliphatic rings. The Bertz CT molecular complexity index is 1410. The van der Waals surface area contributed by atoms with Crippen molar-refractivity contribution in [3.63, 3.8) is 0 Å². The van der Waals surface area contributed by atoms with Crippen LogP contribution >= 0.6 is 11.6 Å². The highest BCUT2D eigenvalue weighted by Crippen LogP contribution is 2.32. The molecule has 3 aromatic carbocycles. The fourth-order valence-corrected chi connectivity index (χ4v) is 4.47. The van der Waals surface area contributed by atoms with Crippen LogP contribution in [0.4, 0.5) is 17.3 Å². The van der Waals surface area contributed by atoms with Gasteiger partial charge in [0.2, 0.25) is 0 Å². The molecule has 1 aromatic heterocycles. The summed E-state index contributed by atoms with van der Waals surface area (Å²) in [5.74, 6) is 1.82. The van der Waals surface area contributed by atoms with Crippen LogP contribution in [-0.2, 0) is 6.42 Å². The predicted molar refractivity (Wildman–Crippen MR) is 148 cm³/mol. The van der Waals surface area contributed by atoms with Crippen molar-refractivity contribution in [1.82, 2.24) is 20.6 Å². The van der Waals surface area contributed by atoms with E-state index in [0.29, 0.717) is 46.6 Å². The van der Waals surface area contributed by atoms with Crippen LogP contribution in [0.2, 0.25) is 5.02 Å². The van der Waals surface area contributed by atoms with E-state index in [1.54, 1.807) is 19.2 Å². The van der Waals surface area contributed by atoms with E-state index in [9.17, 15) is 4.79 Å². The number of aromatic nitrogens is 2. The number of carbonyl (C=O) groups is 1. The molecule has 37 heavy (non-hydrogen) atoms. The summed E-state index contributed by atoms with van der Waals surface area (Å²) in [6.07, 6.45) is 1.67. The van der Waals surface area contributed by atoms with Crippen LogP contribution in [-0.4, -0.2) is 48.7 Å². The number of hydrogen-bond acceptors (Lipinski definition) is 7. The van der Waals surface area contributed by atoms with E-state index in [-0.39, 0.29) is 11.9 Å². The van der Waals surface area contributed by atoms with Gasteiger partial charge in [0.25, 0.3) is 5.91 Å². The number of halogens is 1. The van der Waals surface area contributed by atoms with Crippen LogP contribution in [0.25, 0.3) is 11.0 Å². The van der Waals surface area contributed by atoms with Crippen molar-refractivity contribution in [2.45, 2.75) is 18.9 Å². The van der Waals surface area contributed by atoms with Gasteiger partial charge in [0, 0.05) is 30.8 Å². The monoisotopic (exact) mass is 516 g/mol. The van der Waals surface area contributed by atoms with Gasteiger partial charge >= 0.3 is 0 Å². The topological polar surface area (TPSA) is 100 Å². The molecular formula is C28H29ClN6O2. The number of hydrogen-bond donors (Lipinski definition) is 4. The largest absolute Gasteiger partial charge is 0.497 e. The number of ether oxygens (including phenoxy) is 1. The minimum atomic E-state index is -0.0365. The zero-order valence-electron chi connectivity index (χ0n) is 20.6. The molecule has 0 aliphatic carbocycles. The van der Waals surface area contributed by atoms with E-state index in [1.165, 1.54) is 0 Å². The van der Waals surface area contributed by atoms with Gasteiger partial charge in [0.15, 0.2) is 11.6 Å². The first-order valence-corrected chi connectivity index (χ1v) is 12.7.